The molecule has 166 valence electrons. The molecule has 3 aromatic carbocycles. The number of phenolic OH excluding ortho intramolecular Hbond substituents is 2. The first-order valence-electron chi connectivity index (χ1n) is 10.6. The number of cyclic esters (lactones) is 1. The molecule has 3 aromatic rings. The third-order valence-corrected chi connectivity index (χ3v) is 6.50. The van der Waals surface area contributed by atoms with Crippen LogP contribution < -0.4 is 4.74 Å². The van der Waals surface area contributed by atoms with Crippen molar-refractivity contribution in [2.24, 2.45) is 0 Å². The Hall–Kier alpha value is -3.47. The highest BCUT2D eigenvalue weighted by molar-refractivity contribution is 5.93. The summed E-state index contributed by atoms with van der Waals surface area (Å²) in [5.41, 5.74) is 6.77. The van der Waals surface area contributed by atoms with Crippen molar-refractivity contribution in [3.8, 4) is 23.0 Å². The Balaban J connectivity index is 0.000000203. The molecule has 0 aliphatic carbocycles. The Morgan fingerprint density at radius 3 is 1.84 bits per heavy atom. The van der Waals surface area contributed by atoms with E-state index in [9.17, 15) is 15.0 Å². The van der Waals surface area contributed by atoms with Crippen molar-refractivity contribution >= 4 is 5.97 Å². The van der Waals surface area contributed by atoms with Crippen molar-refractivity contribution in [2.45, 2.75) is 53.6 Å². The second kappa shape index (κ2) is 7.59. The smallest absolute Gasteiger partial charge is 0.338 e. The van der Waals surface area contributed by atoms with Gasteiger partial charge >= 0.3 is 5.97 Å². The lowest BCUT2D eigenvalue weighted by molar-refractivity contribution is 0.0535. The number of carbonyl (C=O) groups excluding carboxylic acids is 1. The Kier molecular flexibility index (Phi) is 5.16. The Bertz CT molecular complexity index is 1190. The molecule has 0 saturated heterocycles. The molecular weight excluding hydrogens is 404 g/mol. The van der Waals surface area contributed by atoms with Gasteiger partial charge in [0.1, 0.15) is 29.6 Å². The van der Waals surface area contributed by atoms with Crippen LogP contribution in [0.4, 0.5) is 0 Å². The van der Waals surface area contributed by atoms with Gasteiger partial charge in [0.2, 0.25) is 0 Å². The fourth-order valence-electron chi connectivity index (χ4n) is 4.42. The molecule has 2 aliphatic heterocycles. The van der Waals surface area contributed by atoms with Gasteiger partial charge in [-0.1, -0.05) is 32.0 Å². The molecule has 5 rings (SSSR count). The van der Waals surface area contributed by atoms with E-state index in [0.29, 0.717) is 23.7 Å². The van der Waals surface area contributed by atoms with Gasteiger partial charge in [-0.05, 0) is 57.0 Å². The van der Waals surface area contributed by atoms with Crippen LogP contribution in [0.25, 0.3) is 0 Å². The second-order valence-electron chi connectivity index (χ2n) is 9.05. The van der Waals surface area contributed by atoms with Gasteiger partial charge in [0.15, 0.2) is 0 Å². The SMILES string of the molecule is Cc1cc2c(c(C)c1O)Oc1c(cc(C)c(O)c1C)C2(C)C.O=C1OCc2ccccc21. The van der Waals surface area contributed by atoms with E-state index in [1.54, 1.807) is 6.07 Å². The van der Waals surface area contributed by atoms with Crippen LogP contribution in [-0.4, -0.2) is 16.2 Å². The van der Waals surface area contributed by atoms with Crippen LogP contribution in [0.5, 0.6) is 23.0 Å². The molecule has 0 fully saturated rings. The van der Waals surface area contributed by atoms with Gasteiger partial charge in [-0.25, -0.2) is 4.79 Å². The van der Waals surface area contributed by atoms with Gasteiger partial charge in [0.25, 0.3) is 0 Å². The molecule has 5 nitrogen and oxygen atoms in total. The first-order valence-corrected chi connectivity index (χ1v) is 10.6. The Morgan fingerprint density at radius 1 is 0.844 bits per heavy atom. The predicted molar refractivity (Wildman–Crippen MR) is 123 cm³/mol. The number of hydrogen-bond acceptors (Lipinski definition) is 5. The third kappa shape index (κ3) is 3.29. The lowest BCUT2D eigenvalue weighted by Gasteiger charge is -2.37. The maximum absolute atomic E-state index is 10.8. The number of aryl methyl sites for hydroxylation is 2. The third-order valence-electron chi connectivity index (χ3n) is 6.50. The molecule has 0 bridgehead atoms. The van der Waals surface area contributed by atoms with Crippen LogP contribution in [0, 0.1) is 27.7 Å². The summed E-state index contributed by atoms with van der Waals surface area (Å²) in [4.78, 5) is 10.8. The Morgan fingerprint density at radius 2 is 1.34 bits per heavy atom. The van der Waals surface area contributed by atoms with Crippen molar-refractivity contribution in [3.05, 3.63) is 80.9 Å². The first kappa shape index (κ1) is 21.8. The first-order chi connectivity index (χ1) is 15.0. The number of fused-ring (bicyclic) bond motifs is 3. The zero-order chi connectivity index (χ0) is 23.4. The fraction of sp³-hybridized carbons (Fsp3) is 0.296. The van der Waals surface area contributed by atoms with Crippen LogP contribution in [-0.2, 0) is 16.8 Å². The Labute approximate surface area is 188 Å². The molecular formula is C27H28O5. The van der Waals surface area contributed by atoms with E-state index < -0.39 is 0 Å². The molecule has 32 heavy (non-hydrogen) atoms. The van der Waals surface area contributed by atoms with Gasteiger partial charge in [0.05, 0.1) is 5.56 Å². The second-order valence-corrected chi connectivity index (χ2v) is 9.05. The van der Waals surface area contributed by atoms with Crippen LogP contribution in [0.15, 0.2) is 36.4 Å². The maximum atomic E-state index is 10.8. The summed E-state index contributed by atoms with van der Waals surface area (Å²) in [5.74, 6) is 1.74. The summed E-state index contributed by atoms with van der Waals surface area (Å²) in [6.07, 6.45) is 0. The minimum absolute atomic E-state index is 0.199. The van der Waals surface area contributed by atoms with E-state index >= 15 is 0 Å². The van der Waals surface area contributed by atoms with Gasteiger partial charge in [-0.2, -0.15) is 0 Å². The number of rotatable bonds is 0. The van der Waals surface area contributed by atoms with Crippen molar-refractivity contribution in [3.63, 3.8) is 0 Å². The molecule has 5 heteroatoms. The zero-order valence-electron chi connectivity index (χ0n) is 19.3. The average Bonchev–Trinajstić information content (AvgIpc) is 3.14. The topological polar surface area (TPSA) is 76.0 Å². The summed E-state index contributed by atoms with van der Waals surface area (Å²) in [7, 11) is 0. The highest BCUT2D eigenvalue weighted by Crippen LogP contribution is 2.53. The lowest BCUT2D eigenvalue weighted by Crippen LogP contribution is -2.25. The molecule has 2 N–H and O–H groups in total. The minimum atomic E-state index is -0.255. The molecule has 0 spiro atoms. The molecule has 0 unspecified atom stereocenters. The largest absolute Gasteiger partial charge is 0.507 e. The summed E-state index contributed by atoms with van der Waals surface area (Å²) >= 11 is 0. The van der Waals surface area contributed by atoms with E-state index in [4.69, 9.17) is 9.47 Å². The van der Waals surface area contributed by atoms with Gasteiger partial charge in [0, 0.05) is 33.2 Å². The van der Waals surface area contributed by atoms with Crippen LogP contribution in [0.3, 0.4) is 0 Å². The number of phenols is 2. The highest BCUT2D eigenvalue weighted by Gasteiger charge is 2.37. The monoisotopic (exact) mass is 432 g/mol. The van der Waals surface area contributed by atoms with Gasteiger partial charge < -0.3 is 19.7 Å². The van der Waals surface area contributed by atoms with Crippen molar-refractivity contribution in [1.29, 1.82) is 0 Å². The van der Waals surface area contributed by atoms with Crippen LogP contribution in [0.2, 0.25) is 0 Å². The van der Waals surface area contributed by atoms with Crippen molar-refractivity contribution in [1.82, 2.24) is 0 Å². The molecule has 0 radical (unpaired) electrons. The lowest BCUT2D eigenvalue weighted by atomic mass is 9.73. The number of aromatic hydroxyl groups is 2. The van der Waals surface area contributed by atoms with Gasteiger partial charge in [-0.3, -0.25) is 0 Å². The average molecular weight is 433 g/mol. The quantitative estimate of drug-likeness (QED) is 0.419. The normalized spacial score (nSPS) is 14.9. The van der Waals surface area contributed by atoms with Crippen LogP contribution in [0.1, 0.15) is 63.1 Å². The van der Waals surface area contributed by atoms with E-state index in [1.165, 1.54) is 0 Å². The van der Waals surface area contributed by atoms with Gasteiger partial charge in [-0.15, -0.1) is 0 Å². The number of benzene rings is 3. The summed E-state index contributed by atoms with van der Waals surface area (Å²) in [6, 6.07) is 11.4. The maximum Gasteiger partial charge on any atom is 0.338 e. The number of esters is 1. The van der Waals surface area contributed by atoms with Crippen LogP contribution >= 0.6 is 0 Å². The molecule has 2 aliphatic rings. The summed E-state index contributed by atoms with van der Waals surface area (Å²) in [5, 5.41) is 20.4. The summed E-state index contributed by atoms with van der Waals surface area (Å²) < 4.78 is 10.9. The molecule has 0 aromatic heterocycles. The number of carbonyl (C=O) groups is 1. The predicted octanol–water partition coefficient (Wildman–Crippen LogP) is 6.12. The van der Waals surface area contributed by atoms with E-state index in [2.05, 4.69) is 13.8 Å². The molecule has 0 saturated carbocycles. The van der Waals surface area contributed by atoms with E-state index in [1.807, 2.05) is 58.0 Å². The van der Waals surface area contributed by atoms with E-state index in [0.717, 1.165) is 38.9 Å². The molecule has 0 atom stereocenters. The minimum Gasteiger partial charge on any atom is -0.507 e. The molecule has 0 amide bonds. The highest BCUT2D eigenvalue weighted by atomic mass is 16.5. The number of hydrogen-bond donors (Lipinski definition) is 2. The molecule has 2 heterocycles. The van der Waals surface area contributed by atoms with Crippen molar-refractivity contribution < 1.29 is 24.5 Å². The van der Waals surface area contributed by atoms with E-state index in [-0.39, 0.29) is 22.9 Å². The number of ether oxygens (including phenoxy) is 2. The zero-order valence-corrected chi connectivity index (χ0v) is 19.3. The van der Waals surface area contributed by atoms with Crippen molar-refractivity contribution in [2.75, 3.05) is 0 Å². The summed E-state index contributed by atoms with van der Waals surface area (Å²) in [6.45, 7) is 12.3. The fourth-order valence-corrected chi connectivity index (χ4v) is 4.42. The standard InChI is InChI=1S/C19H22O3.C8H6O2/c1-9-7-13-17(11(3)15(9)20)22-18-12(4)16(21)10(2)8-14(18)19(13,5)6;9-8-7-4-2-1-3-6(7)5-10-8/h7-8,20-21H,1-6H3;1-4H,5H2.